The fourth-order valence-corrected chi connectivity index (χ4v) is 2.22. The van der Waals surface area contributed by atoms with Crippen LogP contribution in [-0.4, -0.2) is 16.1 Å². The number of aryl methyl sites for hydroxylation is 2. The van der Waals surface area contributed by atoms with Crippen molar-refractivity contribution in [1.82, 2.24) is 15.5 Å². The predicted octanol–water partition coefficient (Wildman–Crippen LogP) is 2.84. The molecule has 0 aliphatic carbocycles. The average molecular weight is 287 g/mol. The van der Waals surface area contributed by atoms with Crippen molar-refractivity contribution in [1.29, 1.82) is 0 Å². The van der Waals surface area contributed by atoms with Gasteiger partial charge in [-0.05, 0) is 32.0 Å². The summed E-state index contributed by atoms with van der Waals surface area (Å²) in [6.45, 7) is 3.97. The number of carbonyl (C=O) groups is 1. The zero-order valence-corrected chi connectivity index (χ0v) is 11.7. The Kier molecular flexibility index (Phi) is 3.21. The molecule has 21 heavy (non-hydrogen) atoms. The van der Waals surface area contributed by atoms with Gasteiger partial charge in [0.15, 0.2) is 5.76 Å². The Morgan fingerprint density at radius 2 is 2.24 bits per heavy atom. The first-order valence-corrected chi connectivity index (χ1v) is 6.52. The molecular weight excluding hydrogens is 273 g/mol. The third kappa shape index (κ3) is 2.40. The molecule has 0 aliphatic heterocycles. The molecule has 0 unspecified atom stereocenters. The van der Waals surface area contributed by atoms with Crippen LogP contribution >= 0.6 is 0 Å². The minimum atomic E-state index is -0.354. The van der Waals surface area contributed by atoms with E-state index in [0.717, 1.165) is 11.3 Å². The lowest BCUT2D eigenvalue weighted by Gasteiger charge is -2.02. The van der Waals surface area contributed by atoms with E-state index in [1.807, 2.05) is 6.92 Å². The lowest BCUT2D eigenvalue weighted by molar-refractivity contribution is 0.0924. The summed E-state index contributed by atoms with van der Waals surface area (Å²) >= 11 is 0. The molecule has 0 saturated heterocycles. The number of nitrogens with one attached hydrogen (secondary N) is 2. The monoisotopic (exact) mass is 287 g/mol. The molecule has 0 bridgehead atoms. The number of carbonyl (C=O) groups excluding carboxylic acids is 1. The Bertz CT molecular complexity index is 820. The van der Waals surface area contributed by atoms with Crippen molar-refractivity contribution < 1.29 is 13.6 Å². The minimum Gasteiger partial charge on any atom is -0.451 e. The summed E-state index contributed by atoms with van der Waals surface area (Å²) in [6, 6.07) is 4.20. The van der Waals surface area contributed by atoms with Crippen LogP contribution in [0.3, 0.4) is 0 Å². The zero-order valence-electron chi connectivity index (χ0n) is 11.7. The number of benzene rings is 1. The quantitative estimate of drug-likeness (QED) is 0.778. The predicted molar refractivity (Wildman–Crippen MR) is 75.4 cm³/mol. The zero-order chi connectivity index (χ0) is 15.0. The van der Waals surface area contributed by atoms with E-state index in [2.05, 4.69) is 15.5 Å². The number of amides is 1. The molecule has 0 saturated carbocycles. The summed E-state index contributed by atoms with van der Waals surface area (Å²) in [6.07, 6.45) is 1.66. The summed E-state index contributed by atoms with van der Waals surface area (Å²) in [5.74, 6) is -0.478. The van der Waals surface area contributed by atoms with E-state index >= 15 is 0 Å². The summed E-state index contributed by atoms with van der Waals surface area (Å²) < 4.78 is 18.8. The maximum atomic E-state index is 13.3. The Hall–Kier alpha value is -2.63. The number of nitrogens with zero attached hydrogens (tertiary/aromatic N) is 1. The molecule has 1 aromatic carbocycles. The molecule has 3 aromatic rings. The normalized spacial score (nSPS) is 11.0. The van der Waals surface area contributed by atoms with Crippen molar-refractivity contribution in [3.8, 4) is 0 Å². The topological polar surface area (TPSA) is 70.9 Å². The van der Waals surface area contributed by atoms with Gasteiger partial charge in [0.1, 0.15) is 11.4 Å². The van der Waals surface area contributed by atoms with E-state index in [-0.39, 0.29) is 17.5 Å². The molecule has 0 fully saturated rings. The molecule has 0 aliphatic rings. The lowest BCUT2D eigenvalue weighted by atomic mass is 10.1. The third-order valence-corrected chi connectivity index (χ3v) is 3.48. The van der Waals surface area contributed by atoms with Crippen molar-refractivity contribution in [3.05, 3.63) is 52.8 Å². The molecule has 1 amide bonds. The van der Waals surface area contributed by atoms with E-state index in [9.17, 15) is 9.18 Å². The van der Waals surface area contributed by atoms with Crippen LogP contribution in [0.4, 0.5) is 4.39 Å². The van der Waals surface area contributed by atoms with Crippen LogP contribution in [0.1, 0.15) is 27.4 Å². The molecule has 2 aromatic heterocycles. The first kappa shape index (κ1) is 13.4. The lowest BCUT2D eigenvalue weighted by Crippen LogP contribution is -2.23. The Morgan fingerprint density at radius 1 is 1.43 bits per heavy atom. The van der Waals surface area contributed by atoms with Crippen LogP contribution < -0.4 is 5.32 Å². The number of aromatic amines is 1. The van der Waals surface area contributed by atoms with Crippen LogP contribution in [0, 0.1) is 19.7 Å². The van der Waals surface area contributed by atoms with Gasteiger partial charge in [-0.2, -0.15) is 5.10 Å². The van der Waals surface area contributed by atoms with Gasteiger partial charge < -0.3 is 9.73 Å². The van der Waals surface area contributed by atoms with Crippen LogP contribution in [0.2, 0.25) is 0 Å². The van der Waals surface area contributed by atoms with Crippen LogP contribution in [-0.2, 0) is 6.54 Å². The Labute approximate surface area is 120 Å². The first-order chi connectivity index (χ1) is 10.1. The van der Waals surface area contributed by atoms with Gasteiger partial charge in [-0.1, -0.05) is 0 Å². The number of halogens is 1. The highest BCUT2D eigenvalue weighted by molar-refractivity contribution is 5.98. The van der Waals surface area contributed by atoms with Crippen molar-refractivity contribution in [3.63, 3.8) is 0 Å². The SMILES string of the molecule is Cc1[nH]ncc1CNC(=O)c1oc2ccc(F)cc2c1C. The molecule has 5 nitrogen and oxygen atoms in total. The number of H-pyrrole nitrogens is 1. The van der Waals surface area contributed by atoms with E-state index < -0.39 is 0 Å². The van der Waals surface area contributed by atoms with Crippen molar-refractivity contribution in [2.75, 3.05) is 0 Å². The molecule has 0 spiro atoms. The molecule has 3 rings (SSSR count). The summed E-state index contributed by atoms with van der Waals surface area (Å²) in [4.78, 5) is 12.2. The van der Waals surface area contributed by atoms with Gasteiger partial charge in [0, 0.05) is 28.8 Å². The third-order valence-electron chi connectivity index (χ3n) is 3.48. The highest BCUT2D eigenvalue weighted by atomic mass is 19.1. The summed E-state index contributed by atoms with van der Waals surface area (Å²) in [5.41, 5.74) is 2.94. The van der Waals surface area contributed by atoms with Crippen molar-refractivity contribution >= 4 is 16.9 Å². The van der Waals surface area contributed by atoms with Gasteiger partial charge in [0.25, 0.3) is 5.91 Å². The van der Waals surface area contributed by atoms with Gasteiger partial charge in [0.05, 0.1) is 6.20 Å². The number of furan rings is 1. The summed E-state index contributed by atoms with van der Waals surface area (Å²) in [5, 5.41) is 10.1. The van der Waals surface area contributed by atoms with Crippen LogP contribution in [0.25, 0.3) is 11.0 Å². The van der Waals surface area contributed by atoms with E-state index in [1.54, 1.807) is 13.1 Å². The van der Waals surface area contributed by atoms with Crippen molar-refractivity contribution in [2.24, 2.45) is 0 Å². The second-order valence-electron chi connectivity index (χ2n) is 4.90. The van der Waals surface area contributed by atoms with Gasteiger partial charge >= 0.3 is 0 Å². The Morgan fingerprint density at radius 3 is 2.95 bits per heavy atom. The second kappa shape index (κ2) is 5.05. The molecule has 0 radical (unpaired) electrons. The number of hydrogen-bond acceptors (Lipinski definition) is 3. The van der Waals surface area contributed by atoms with E-state index in [4.69, 9.17) is 4.42 Å². The molecule has 6 heteroatoms. The number of hydrogen-bond donors (Lipinski definition) is 2. The largest absolute Gasteiger partial charge is 0.451 e. The second-order valence-corrected chi connectivity index (χ2v) is 4.90. The number of aromatic nitrogens is 2. The van der Waals surface area contributed by atoms with Gasteiger partial charge in [-0.15, -0.1) is 0 Å². The average Bonchev–Trinajstić information content (AvgIpc) is 3.01. The maximum absolute atomic E-state index is 13.3. The van der Waals surface area contributed by atoms with Crippen LogP contribution in [0.5, 0.6) is 0 Å². The molecule has 2 heterocycles. The minimum absolute atomic E-state index is 0.205. The number of fused-ring (bicyclic) bond motifs is 1. The fraction of sp³-hybridized carbons (Fsp3) is 0.200. The molecule has 0 atom stereocenters. The number of rotatable bonds is 3. The highest BCUT2D eigenvalue weighted by Crippen LogP contribution is 2.25. The van der Waals surface area contributed by atoms with Crippen molar-refractivity contribution in [2.45, 2.75) is 20.4 Å². The maximum Gasteiger partial charge on any atom is 0.287 e. The molecular formula is C15H14FN3O2. The van der Waals surface area contributed by atoms with E-state index in [1.165, 1.54) is 18.2 Å². The van der Waals surface area contributed by atoms with Crippen LogP contribution in [0.15, 0.2) is 28.8 Å². The smallest absolute Gasteiger partial charge is 0.287 e. The first-order valence-electron chi connectivity index (χ1n) is 6.52. The van der Waals surface area contributed by atoms with Gasteiger partial charge in [0.2, 0.25) is 0 Å². The van der Waals surface area contributed by atoms with Gasteiger partial charge in [-0.25, -0.2) is 4.39 Å². The standard InChI is InChI=1S/C15H14FN3O2/c1-8-12-5-11(16)3-4-13(12)21-14(8)15(20)17-6-10-7-18-19-9(10)2/h3-5,7H,6H2,1-2H3,(H,17,20)(H,18,19). The van der Waals surface area contributed by atoms with E-state index in [0.29, 0.717) is 23.1 Å². The van der Waals surface area contributed by atoms with Gasteiger partial charge in [-0.3, -0.25) is 9.89 Å². The highest BCUT2D eigenvalue weighted by Gasteiger charge is 2.18. The molecule has 108 valence electrons. The Balaban J connectivity index is 1.84. The molecule has 2 N–H and O–H groups in total. The fourth-order valence-electron chi connectivity index (χ4n) is 2.22. The summed E-state index contributed by atoms with van der Waals surface area (Å²) in [7, 11) is 0.